The molecular formula is C15H12ClN3OS2. The minimum atomic E-state index is -0.166. The van der Waals surface area contributed by atoms with Gasteiger partial charge in [0.2, 0.25) is 0 Å². The molecule has 1 amide bonds. The minimum absolute atomic E-state index is 0.122. The van der Waals surface area contributed by atoms with Crippen molar-refractivity contribution < 1.29 is 4.79 Å². The minimum Gasteiger partial charge on any atom is -0.345 e. The summed E-state index contributed by atoms with van der Waals surface area (Å²) in [6, 6.07) is 11.2. The predicted molar refractivity (Wildman–Crippen MR) is 90.6 cm³/mol. The van der Waals surface area contributed by atoms with E-state index >= 15 is 0 Å². The molecule has 1 aromatic carbocycles. The number of hydrogen-bond acceptors (Lipinski definition) is 5. The van der Waals surface area contributed by atoms with Crippen molar-refractivity contribution in [3.05, 3.63) is 57.2 Å². The maximum Gasteiger partial charge on any atom is 0.265 e. The molecule has 0 aliphatic carbocycles. The highest BCUT2D eigenvalue weighted by Crippen LogP contribution is 2.28. The van der Waals surface area contributed by atoms with Gasteiger partial charge in [0.05, 0.1) is 10.9 Å². The average Bonchev–Trinajstić information content (AvgIpc) is 3.18. The third-order valence-electron chi connectivity index (χ3n) is 3.17. The molecule has 0 saturated carbocycles. The zero-order valence-corrected chi connectivity index (χ0v) is 14.0. The normalized spacial score (nSPS) is 12.1. The van der Waals surface area contributed by atoms with Gasteiger partial charge in [-0.25, -0.2) is 0 Å². The lowest BCUT2D eigenvalue weighted by atomic mass is 10.1. The zero-order chi connectivity index (χ0) is 15.5. The fourth-order valence-electron chi connectivity index (χ4n) is 2.01. The standard InChI is InChI=1S/C15H12ClN3OS2/c1-9(10-4-6-11(16)7-5-10)17-15(20)14-13(18-19-22-14)12-3-2-8-21-12/h2-9H,1H3,(H,17,20)/t9-/m1/s1. The van der Waals surface area contributed by atoms with Crippen molar-refractivity contribution in [1.82, 2.24) is 14.9 Å². The fourth-order valence-corrected chi connectivity index (χ4v) is 3.50. The van der Waals surface area contributed by atoms with Gasteiger partial charge in [0, 0.05) is 5.02 Å². The van der Waals surface area contributed by atoms with Crippen LogP contribution in [-0.4, -0.2) is 15.5 Å². The number of amides is 1. The summed E-state index contributed by atoms with van der Waals surface area (Å²) in [5.74, 6) is -0.166. The molecule has 0 radical (unpaired) electrons. The Balaban J connectivity index is 1.78. The first-order valence-corrected chi connectivity index (χ1v) is 8.61. The Morgan fingerprint density at radius 1 is 1.27 bits per heavy atom. The van der Waals surface area contributed by atoms with E-state index in [1.807, 2.05) is 48.7 Å². The highest BCUT2D eigenvalue weighted by Gasteiger charge is 2.20. The summed E-state index contributed by atoms with van der Waals surface area (Å²) in [4.78, 5) is 13.9. The van der Waals surface area contributed by atoms with E-state index < -0.39 is 0 Å². The van der Waals surface area contributed by atoms with Crippen LogP contribution in [0.25, 0.3) is 10.6 Å². The highest BCUT2D eigenvalue weighted by molar-refractivity contribution is 7.14. The number of carbonyl (C=O) groups is 1. The quantitative estimate of drug-likeness (QED) is 0.759. The van der Waals surface area contributed by atoms with Gasteiger partial charge < -0.3 is 5.32 Å². The van der Waals surface area contributed by atoms with E-state index in [1.165, 1.54) is 11.3 Å². The lowest BCUT2D eigenvalue weighted by Gasteiger charge is -2.13. The van der Waals surface area contributed by atoms with Crippen LogP contribution in [0.5, 0.6) is 0 Å². The van der Waals surface area contributed by atoms with E-state index in [-0.39, 0.29) is 11.9 Å². The Morgan fingerprint density at radius 2 is 2.05 bits per heavy atom. The molecule has 4 nitrogen and oxygen atoms in total. The number of nitrogens with one attached hydrogen (secondary N) is 1. The van der Waals surface area contributed by atoms with Crippen LogP contribution in [0.15, 0.2) is 41.8 Å². The van der Waals surface area contributed by atoms with Gasteiger partial charge in [-0.3, -0.25) is 4.79 Å². The van der Waals surface area contributed by atoms with Gasteiger partial charge in [-0.1, -0.05) is 34.3 Å². The number of carbonyl (C=O) groups excluding carboxylic acids is 1. The molecule has 0 aliphatic rings. The largest absolute Gasteiger partial charge is 0.345 e. The second-order valence-corrected chi connectivity index (χ2v) is 6.81. The van der Waals surface area contributed by atoms with Crippen LogP contribution < -0.4 is 5.32 Å². The molecule has 0 fully saturated rings. The molecule has 1 atom stereocenters. The van der Waals surface area contributed by atoms with Gasteiger partial charge in [0.1, 0.15) is 10.6 Å². The number of rotatable bonds is 4. The summed E-state index contributed by atoms with van der Waals surface area (Å²) in [6.45, 7) is 1.93. The monoisotopic (exact) mass is 349 g/mol. The average molecular weight is 350 g/mol. The second kappa shape index (κ2) is 6.56. The van der Waals surface area contributed by atoms with Crippen LogP contribution in [0.4, 0.5) is 0 Å². The number of thiophene rings is 1. The van der Waals surface area contributed by atoms with E-state index in [0.717, 1.165) is 22.0 Å². The summed E-state index contributed by atoms with van der Waals surface area (Å²) >= 11 is 8.53. The Morgan fingerprint density at radius 3 is 2.73 bits per heavy atom. The van der Waals surface area contributed by atoms with Crippen molar-refractivity contribution in [3.8, 4) is 10.6 Å². The van der Waals surface area contributed by atoms with Crippen LogP contribution in [0, 0.1) is 0 Å². The van der Waals surface area contributed by atoms with Crippen LogP contribution in [-0.2, 0) is 0 Å². The Bertz CT molecular complexity index is 768. The van der Waals surface area contributed by atoms with E-state index in [2.05, 4.69) is 14.9 Å². The summed E-state index contributed by atoms with van der Waals surface area (Å²) in [6.07, 6.45) is 0. The predicted octanol–water partition coefficient (Wildman–Crippen LogP) is 4.41. The number of aromatic nitrogens is 2. The van der Waals surface area contributed by atoms with Crippen molar-refractivity contribution in [3.63, 3.8) is 0 Å². The summed E-state index contributed by atoms with van der Waals surface area (Å²) in [5, 5.41) is 9.67. The Kier molecular flexibility index (Phi) is 4.52. The molecule has 2 aromatic heterocycles. The van der Waals surface area contributed by atoms with Gasteiger partial charge in [-0.05, 0) is 47.6 Å². The molecule has 0 unspecified atom stereocenters. The smallest absolute Gasteiger partial charge is 0.265 e. The Hall–Kier alpha value is -1.76. The van der Waals surface area contributed by atoms with Gasteiger partial charge in [-0.2, -0.15) is 0 Å². The summed E-state index contributed by atoms with van der Waals surface area (Å²) < 4.78 is 3.91. The molecule has 22 heavy (non-hydrogen) atoms. The van der Waals surface area contributed by atoms with Gasteiger partial charge >= 0.3 is 0 Å². The third-order valence-corrected chi connectivity index (χ3v) is 5.02. The lowest BCUT2D eigenvalue weighted by Crippen LogP contribution is -2.26. The SMILES string of the molecule is C[C@@H](NC(=O)c1snnc1-c1cccs1)c1ccc(Cl)cc1. The first-order valence-electron chi connectivity index (χ1n) is 6.57. The molecular weight excluding hydrogens is 338 g/mol. The van der Waals surface area contributed by atoms with Crippen LogP contribution >= 0.6 is 34.5 Å². The van der Waals surface area contributed by atoms with Gasteiger partial charge in [0.15, 0.2) is 0 Å². The number of benzene rings is 1. The Labute approximate surface area is 140 Å². The van der Waals surface area contributed by atoms with E-state index in [1.54, 1.807) is 0 Å². The van der Waals surface area contributed by atoms with E-state index in [4.69, 9.17) is 11.6 Å². The number of nitrogens with zero attached hydrogens (tertiary/aromatic N) is 2. The van der Waals surface area contributed by atoms with Crippen LogP contribution in [0.2, 0.25) is 5.02 Å². The van der Waals surface area contributed by atoms with E-state index in [9.17, 15) is 4.79 Å². The highest BCUT2D eigenvalue weighted by atomic mass is 35.5. The van der Waals surface area contributed by atoms with Crippen LogP contribution in [0.3, 0.4) is 0 Å². The van der Waals surface area contributed by atoms with Crippen molar-refractivity contribution in [2.45, 2.75) is 13.0 Å². The summed E-state index contributed by atoms with van der Waals surface area (Å²) in [7, 11) is 0. The molecule has 2 heterocycles. The second-order valence-electron chi connectivity index (χ2n) is 4.67. The third kappa shape index (κ3) is 3.19. The molecule has 3 rings (SSSR count). The molecule has 3 aromatic rings. The van der Waals surface area contributed by atoms with Gasteiger partial charge in [-0.15, -0.1) is 16.4 Å². The van der Waals surface area contributed by atoms with Crippen molar-refractivity contribution >= 4 is 40.4 Å². The first kappa shape index (κ1) is 15.1. The number of hydrogen-bond donors (Lipinski definition) is 1. The molecule has 1 N–H and O–H groups in total. The molecule has 7 heteroatoms. The van der Waals surface area contributed by atoms with Gasteiger partial charge in [0.25, 0.3) is 5.91 Å². The lowest BCUT2D eigenvalue weighted by molar-refractivity contribution is 0.0944. The van der Waals surface area contributed by atoms with Crippen LogP contribution in [0.1, 0.15) is 28.2 Å². The maximum atomic E-state index is 12.5. The molecule has 112 valence electrons. The van der Waals surface area contributed by atoms with Crippen molar-refractivity contribution in [2.75, 3.05) is 0 Å². The fraction of sp³-hybridized carbons (Fsp3) is 0.133. The first-order chi connectivity index (χ1) is 10.6. The maximum absolute atomic E-state index is 12.5. The van der Waals surface area contributed by atoms with Crippen molar-refractivity contribution in [2.24, 2.45) is 0 Å². The summed E-state index contributed by atoms with van der Waals surface area (Å²) in [5.41, 5.74) is 1.63. The number of halogens is 1. The molecule has 0 saturated heterocycles. The van der Waals surface area contributed by atoms with Crippen molar-refractivity contribution in [1.29, 1.82) is 0 Å². The topological polar surface area (TPSA) is 54.9 Å². The zero-order valence-electron chi connectivity index (χ0n) is 11.6. The molecule has 0 spiro atoms. The molecule has 0 bridgehead atoms. The van der Waals surface area contributed by atoms with E-state index in [0.29, 0.717) is 15.6 Å². The molecule has 0 aliphatic heterocycles.